The number of nitrogens with zero attached hydrogens (tertiary/aromatic N) is 1. The van der Waals surface area contributed by atoms with E-state index >= 15 is 0 Å². The van der Waals surface area contributed by atoms with Gasteiger partial charge in [-0.25, -0.2) is 5.84 Å². The molecule has 100 valence electrons. The minimum atomic E-state index is 0.205. The minimum Gasteiger partial charge on any atom is -0.383 e. The van der Waals surface area contributed by atoms with Gasteiger partial charge < -0.3 is 10.1 Å². The lowest BCUT2D eigenvalue weighted by atomic mass is 10.0. The summed E-state index contributed by atoms with van der Waals surface area (Å²) in [5.41, 5.74) is 2.61. The normalized spacial score (nSPS) is 20.1. The topological polar surface area (TPSA) is 71.7 Å². The van der Waals surface area contributed by atoms with E-state index in [9.17, 15) is 0 Å². The van der Waals surface area contributed by atoms with Crippen LogP contribution in [0, 0.1) is 5.92 Å². The van der Waals surface area contributed by atoms with Crippen molar-refractivity contribution in [3.05, 3.63) is 0 Å². The Morgan fingerprint density at radius 2 is 2.24 bits per heavy atom. The standard InChI is InChI=1S/C11H24N4OS/c1-9(8-16-2)14-11(15-12)13-7-10-3-5-17-6-4-10/h9-10H,3-8,12H2,1-2H3,(H2,13,14,15). The van der Waals surface area contributed by atoms with E-state index < -0.39 is 0 Å². The van der Waals surface area contributed by atoms with E-state index in [0.29, 0.717) is 18.5 Å². The Morgan fingerprint density at radius 3 is 2.82 bits per heavy atom. The van der Waals surface area contributed by atoms with Crippen molar-refractivity contribution in [1.82, 2.24) is 10.7 Å². The first kappa shape index (κ1) is 14.6. The molecule has 4 N–H and O–H groups in total. The third-order valence-electron chi connectivity index (χ3n) is 2.78. The lowest BCUT2D eigenvalue weighted by Gasteiger charge is -2.20. The van der Waals surface area contributed by atoms with Gasteiger partial charge in [-0.3, -0.25) is 10.4 Å². The number of rotatable bonds is 5. The first-order chi connectivity index (χ1) is 8.26. The quantitative estimate of drug-likeness (QED) is 0.292. The third kappa shape index (κ3) is 6.14. The van der Waals surface area contributed by atoms with Crippen LogP contribution in [0.1, 0.15) is 19.8 Å². The molecule has 5 nitrogen and oxygen atoms in total. The smallest absolute Gasteiger partial charge is 0.206 e. The van der Waals surface area contributed by atoms with Crippen molar-refractivity contribution >= 4 is 17.7 Å². The van der Waals surface area contributed by atoms with Gasteiger partial charge in [0.2, 0.25) is 5.96 Å². The van der Waals surface area contributed by atoms with Crippen molar-refractivity contribution < 1.29 is 4.74 Å². The molecule has 1 atom stereocenters. The fraction of sp³-hybridized carbons (Fsp3) is 0.909. The molecule has 0 saturated carbocycles. The largest absolute Gasteiger partial charge is 0.383 e. The SMILES string of the molecule is COCC(C)NC(=NCC1CCSCC1)NN. The average molecular weight is 260 g/mol. The van der Waals surface area contributed by atoms with E-state index in [2.05, 4.69) is 15.7 Å². The number of guanidine groups is 1. The number of aliphatic imine (C=N–C) groups is 1. The Kier molecular flexibility index (Phi) is 7.39. The molecule has 0 amide bonds. The van der Waals surface area contributed by atoms with Crippen LogP contribution in [0.15, 0.2) is 4.99 Å². The molecule has 1 rings (SSSR count). The van der Waals surface area contributed by atoms with E-state index in [1.54, 1.807) is 7.11 Å². The number of thioether (sulfide) groups is 1. The number of hydrazine groups is 1. The predicted molar refractivity (Wildman–Crippen MR) is 74.1 cm³/mol. The van der Waals surface area contributed by atoms with E-state index in [4.69, 9.17) is 10.6 Å². The zero-order valence-corrected chi connectivity index (χ0v) is 11.6. The third-order valence-corrected chi connectivity index (χ3v) is 3.83. The Bertz CT molecular complexity index is 232. The highest BCUT2D eigenvalue weighted by Crippen LogP contribution is 2.22. The highest BCUT2D eigenvalue weighted by molar-refractivity contribution is 7.99. The van der Waals surface area contributed by atoms with Crippen molar-refractivity contribution in [2.24, 2.45) is 16.8 Å². The number of ether oxygens (including phenoxy) is 1. The van der Waals surface area contributed by atoms with Crippen LogP contribution in [-0.4, -0.2) is 43.8 Å². The van der Waals surface area contributed by atoms with Gasteiger partial charge in [-0.1, -0.05) is 0 Å². The second kappa shape index (κ2) is 8.60. The van der Waals surface area contributed by atoms with E-state index in [1.165, 1.54) is 24.3 Å². The second-order valence-electron chi connectivity index (χ2n) is 4.39. The van der Waals surface area contributed by atoms with Crippen molar-refractivity contribution in [3.63, 3.8) is 0 Å². The fourth-order valence-electron chi connectivity index (χ4n) is 1.81. The van der Waals surface area contributed by atoms with Crippen LogP contribution in [0.2, 0.25) is 0 Å². The van der Waals surface area contributed by atoms with Gasteiger partial charge in [0.25, 0.3) is 0 Å². The molecule has 0 bridgehead atoms. The van der Waals surface area contributed by atoms with Gasteiger partial charge in [0.05, 0.1) is 6.61 Å². The monoisotopic (exact) mass is 260 g/mol. The van der Waals surface area contributed by atoms with E-state index in [1.807, 2.05) is 18.7 Å². The van der Waals surface area contributed by atoms with Crippen molar-refractivity contribution in [2.45, 2.75) is 25.8 Å². The maximum atomic E-state index is 5.44. The molecule has 1 fully saturated rings. The van der Waals surface area contributed by atoms with E-state index in [-0.39, 0.29) is 6.04 Å². The highest BCUT2D eigenvalue weighted by Gasteiger charge is 2.13. The van der Waals surface area contributed by atoms with Crippen molar-refractivity contribution in [2.75, 3.05) is 31.8 Å². The molecule has 1 heterocycles. The maximum absolute atomic E-state index is 5.44. The van der Waals surface area contributed by atoms with Crippen LogP contribution >= 0.6 is 11.8 Å². The first-order valence-corrected chi connectivity index (χ1v) is 7.26. The molecule has 0 radical (unpaired) electrons. The van der Waals surface area contributed by atoms with Gasteiger partial charge >= 0.3 is 0 Å². The number of nitrogens with two attached hydrogens (primary N) is 1. The van der Waals surface area contributed by atoms with Crippen LogP contribution in [-0.2, 0) is 4.74 Å². The molecular weight excluding hydrogens is 236 g/mol. The van der Waals surface area contributed by atoms with Gasteiger partial charge in [0, 0.05) is 19.7 Å². The molecule has 1 saturated heterocycles. The summed E-state index contributed by atoms with van der Waals surface area (Å²) in [6.45, 7) is 3.53. The molecule has 1 aliphatic rings. The van der Waals surface area contributed by atoms with E-state index in [0.717, 1.165) is 6.54 Å². The lowest BCUT2D eigenvalue weighted by molar-refractivity contribution is 0.179. The Hall–Kier alpha value is -0.460. The predicted octanol–water partition coefficient (Wildman–Crippen LogP) is 0.573. The van der Waals surface area contributed by atoms with Crippen molar-refractivity contribution in [3.8, 4) is 0 Å². The Balaban J connectivity index is 2.31. The molecule has 0 aromatic heterocycles. The molecule has 6 heteroatoms. The summed E-state index contributed by atoms with van der Waals surface area (Å²) in [4.78, 5) is 4.49. The zero-order chi connectivity index (χ0) is 12.5. The fourth-order valence-corrected chi connectivity index (χ4v) is 3.01. The molecule has 1 unspecified atom stereocenters. The summed E-state index contributed by atoms with van der Waals surface area (Å²) in [7, 11) is 1.69. The second-order valence-corrected chi connectivity index (χ2v) is 5.61. The van der Waals surface area contributed by atoms with Crippen LogP contribution < -0.4 is 16.6 Å². The van der Waals surface area contributed by atoms with Gasteiger partial charge in [-0.05, 0) is 37.2 Å². The Morgan fingerprint density at radius 1 is 1.53 bits per heavy atom. The average Bonchev–Trinajstić information content (AvgIpc) is 2.36. The molecule has 0 aromatic carbocycles. The number of hydrogen-bond donors (Lipinski definition) is 3. The van der Waals surface area contributed by atoms with Crippen LogP contribution in [0.4, 0.5) is 0 Å². The van der Waals surface area contributed by atoms with Gasteiger partial charge in [-0.15, -0.1) is 0 Å². The number of methoxy groups -OCH3 is 1. The molecule has 0 spiro atoms. The minimum absolute atomic E-state index is 0.205. The highest BCUT2D eigenvalue weighted by atomic mass is 32.2. The molecule has 0 aliphatic carbocycles. The van der Waals surface area contributed by atoms with Crippen LogP contribution in [0.3, 0.4) is 0 Å². The molecular formula is C11H24N4OS. The summed E-state index contributed by atoms with van der Waals surface area (Å²) in [5.74, 6) is 9.34. The number of hydrogen-bond acceptors (Lipinski definition) is 4. The Labute approximate surface area is 108 Å². The maximum Gasteiger partial charge on any atom is 0.206 e. The molecule has 1 aliphatic heterocycles. The zero-order valence-electron chi connectivity index (χ0n) is 10.7. The van der Waals surface area contributed by atoms with Gasteiger partial charge in [0.1, 0.15) is 0 Å². The summed E-state index contributed by atoms with van der Waals surface area (Å²) in [6, 6.07) is 0.205. The van der Waals surface area contributed by atoms with Crippen LogP contribution in [0.5, 0.6) is 0 Å². The van der Waals surface area contributed by atoms with Gasteiger partial charge in [0.15, 0.2) is 0 Å². The number of nitrogens with one attached hydrogen (secondary N) is 2. The summed E-state index contributed by atoms with van der Waals surface area (Å²) in [6.07, 6.45) is 2.53. The van der Waals surface area contributed by atoms with Crippen molar-refractivity contribution in [1.29, 1.82) is 0 Å². The lowest BCUT2D eigenvalue weighted by Crippen LogP contribution is -2.47. The molecule has 17 heavy (non-hydrogen) atoms. The summed E-state index contributed by atoms with van der Waals surface area (Å²) >= 11 is 2.03. The van der Waals surface area contributed by atoms with Gasteiger partial charge in [-0.2, -0.15) is 11.8 Å². The molecule has 0 aromatic rings. The first-order valence-electron chi connectivity index (χ1n) is 6.10. The summed E-state index contributed by atoms with van der Waals surface area (Å²) < 4.78 is 5.05. The summed E-state index contributed by atoms with van der Waals surface area (Å²) in [5, 5.41) is 3.19. The van der Waals surface area contributed by atoms with Crippen LogP contribution in [0.25, 0.3) is 0 Å².